The average molecular weight is 295 g/mol. The maximum atomic E-state index is 12.2. The summed E-state index contributed by atoms with van der Waals surface area (Å²) in [7, 11) is 0. The summed E-state index contributed by atoms with van der Waals surface area (Å²) in [6.45, 7) is 6.08. The zero-order chi connectivity index (χ0) is 15.1. The third-order valence-electron chi connectivity index (χ3n) is 4.54. The molecule has 0 aromatic carbocycles. The lowest BCUT2D eigenvalue weighted by Gasteiger charge is -2.30. The van der Waals surface area contributed by atoms with Crippen LogP contribution in [0.15, 0.2) is 0 Å². The van der Waals surface area contributed by atoms with E-state index in [1.54, 1.807) is 0 Å². The van der Waals surface area contributed by atoms with E-state index in [0.717, 1.165) is 51.9 Å². The van der Waals surface area contributed by atoms with E-state index in [-0.39, 0.29) is 17.9 Å². The second-order valence-corrected chi connectivity index (χ2v) is 6.25. The Morgan fingerprint density at radius 3 is 2.00 bits per heavy atom. The predicted octanol–water partition coefficient (Wildman–Crippen LogP) is 1.38. The lowest BCUT2D eigenvalue weighted by atomic mass is 10.1. The van der Waals surface area contributed by atoms with Gasteiger partial charge in [-0.15, -0.1) is 0 Å². The number of rotatable bonds is 5. The molecule has 1 N–H and O–H groups in total. The fourth-order valence-electron chi connectivity index (χ4n) is 3.17. The Kier molecular flexibility index (Phi) is 6.49. The number of carbonyl (C=O) groups excluding carboxylic acids is 2. The van der Waals surface area contributed by atoms with Crippen molar-refractivity contribution in [2.75, 3.05) is 32.7 Å². The van der Waals surface area contributed by atoms with Crippen LogP contribution in [-0.2, 0) is 9.59 Å². The van der Waals surface area contributed by atoms with Gasteiger partial charge in [0.15, 0.2) is 0 Å². The summed E-state index contributed by atoms with van der Waals surface area (Å²) in [6, 6.07) is -0.183. The molecule has 5 nitrogen and oxygen atoms in total. The summed E-state index contributed by atoms with van der Waals surface area (Å²) in [5.74, 6) is 0.403. The van der Waals surface area contributed by atoms with Crippen LogP contribution in [0.2, 0.25) is 0 Å². The zero-order valence-electron chi connectivity index (χ0n) is 13.3. The third kappa shape index (κ3) is 4.99. The molecule has 1 atom stereocenters. The molecule has 5 heteroatoms. The molecule has 2 heterocycles. The minimum atomic E-state index is -0.183. The molecular formula is C16H29N3O2. The quantitative estimate of drug-likeness (QED) is 0.833. The van der Waals surface area contributed by atoms with Gasteiger partial charge in [0.25, 0.3) is 0 Å². The molecule has 21 heavy (non-hydrogen) atoms. The Labute approximate surface area is 128 Å². The monoisotopic (exact) mass is 295 g/mol. The second kappa shape index (κ2) is 8.37. The summed E-state index contributed by atoms with van der Waals surface area (Å²) in [4.78, 5) is 28.2. The van der Waals surface area contributed by atoms with Gasteiger partial charge >= 0.3 is 0 Å². The van der Waals surface area contributed by atoms with E-state index in [4.69, 9.17) is 0 Å². The highest BCUT2D eigenvalue weighted by Gasteiger charge is 2.22. The fourth-order valence-corrected chi connectivity index (χ4v) is 3.17. The molecule has 2 aliphatic heterocycles. The molecule has 0 aromatic heterocycles. The molecule has 0 aromatic rings. The van der Waals surface area contributed by atoms with Crippen LogP contribution in [0.1, 0.15) is 51.9 Å². The maximum absolute atomic E-state index is 12.2. The molecule has 1 unspecified atom stereocenters. The highest BCUT2D eigenvalue weighted by Crippen LogP contribution is 2.11. The lowest BCUT2D eigenvalue weighted by molar-refractivity contribution is -0.135. The van der Waals surface area contributed by atoms with Crippen molar-refractivity contribution in [3.63, 3.8) is 0 Å². The fraction of sp³-hybridized carbons (Fsp3) is 0.875. The van der Waals surface area contributed by atoms with Crippen molar-refractivity contribution in [1.82, 2.24) is 15.1 Å². The van der Waals surface area contributed by atoms with Gasteiger partial charge in [-0.25, -0.2) is 0 Å². The summed E-state index contributed by atoms with van der Waals surface area (Å²) >= 11 is 0. The van der Waals surface area contributed by atoms with E-state index in [1.807, 2.05) is 16.7 Å². The van der Waals surface area contributed by atoms with Gasteiger partial charge < -0.3 is 15.1 Å². The zero-order valence-corrected chi connectivity index (χ0v) is 13.3. The van der Waals surface area contributed by atoms with Crippen LogP contribution < -0.4 is 5.32 Å². The first-order valence-corrected chi connectivity index (χ1v) is 8.48. The third-order valence-corrected chi connectivity index (χ3v) is 4.54. The van der Waals surface area contributed by atoms with Gasteiger partial charge in [-0.3, -0.25) is 9.59 Å². The molecule has 0 bridgehead atoms. The van der Waals surface area contributed by atoms with Crippen LogP contribution in [0, 0.1) is 0 Å². The number of hydrogen-bond donors (Lipinski definition) is 1. The van der Waals surface area contributed by atoms with Gasteiger partial charge in [-0.1, -0.05) is 0 Å². The first-order valence-electron chi connectivity index (χ1n) is 8.48. The van der Waals surface area contributed by atoms with Crippen molar-refractivity contribution in [1.29, 1.82) is 0 Å². The van der Waals surface area contributed by atoms with Crippen molar-refractivity contribution < 1.29 is 9.59 Å². The summed E-state index contributed by atoms with van der Waals surface area (Å²) < 4.78 is 0. The minimum Gasteiger partial charge on any atom is -0.343 e. The van der Waals surface area contributed by atoms with E-state index in [0.29, 0.717) is 13.0 Å². The average Bonchev–Trinajstić information content (AvgIpc) is 2.55. The number of amides is 2. The standard InChI is InChI=1S/C16H29N3O2/c1-14(16(21)19-12-6-3-7-13-19)17-9-8-15(20)18-10-4-2-5-11-18/h14,17H,2-13H2,1H3. The largest absolute Gasteiger partial charge is 0.343 e. The Balaban J connectivity index is 1.64. The molecule has 0 saturated carbocycles. The maximum Gasteiger partial charge on any atom is 0.239 e. The first kappa shape index (κ1) is 16.3. The number of piperidine rings is 2. The van der Waals surface area contributed by atoms with E-state index in [9.17, 15) is 9.59 Å². The molecule has 2 saturated heterocycles. The molecule has 0 aliphatic carbocycles. The van der Waals surface area contributed by atoms with Gasteiger partial charge in [0, 0.05) is 39.1 Å². The number of nitrogens with one attached hydrogen (secondary N) is 1. The first-order chi connectivity index (χ1) is 10.2. The molecule has 2 amide bonds. The SMILES string of the molecule is CC(NCCC(=O)N1CCCCC1)C(=O)N1CCCCC1. The molecule has 120 valence electrons. The number of hydrogen-bond acceptors (Lipinski definition) is 3. The van der Waals surface area contributed by atoms with E-state index < -0.39 is 0 Å². The van der Waals surface area contributed by atoms with Gasteiger partial charge in [-0.2, -0.15) is 0 Å². The highest BCUT2D eigenvalue weighted by atomic mass is 16.2. The molecule has 2 aliphatic rings. The van der Waals surface area contributed by atoms with Gasteiger partial charge in [0.2, 0.25) is 11.8 Å². The Morgan fingerprint density at radius 1 is 0.905 bits per heavy atom. The Hall–Kier alpha value is -1.10. The van der Waals surface area contributed by atoms with E-state index in [1.165, 1.54) is 12.8 Å². The van der Waals surface area contributed by atoms with Crippen molar-refractivity contribution in [2.24, 2.45) is 0 Å². The van der Waals surface area contributed by atoms with Crippen LogP contribution in [0.4, 0.5) is 0 Å². The smallest absolute Gasteiger partial charge is 0.239 e. The predicted molar refractivity (Wildman–Crippen MR) is 82.9 cm³/mol. The minimum absolute atomic E-state index is 0.181. The van der Waals surface area contributed by atoms with Crippen LogP contribution in [0.3, 0.4) is 0 Å². The topological polar surface area (TPSA) is 52.7 Å². The molecule has 2 fully saturated rings. The number of nitrogens with zero attached hydrogens (tertiary/aromatic N) is 2. The Bertz CT molecular complexity index is 347. The summed E-state index contributed by atoms with van der Waals surface area (Å²) in [6.07, 6.45) is 7.46. The van der Waals surface area contributed by atoms with Crippen LogP contribution in [-0.4, -0.2) is 60.4 Å². The van der Waals surface area contributed by atoms with E-state index in [2.05, 4.69) is 5.32 Å². The van der Waals surface area contributed by atoms with Crippen LogP contribution in [0.25, 0.3) is 0 Å². The van der Waals surface area contributed by atoms with Gasteiger partial charge in [0.1, 0.15) is 0 Å². The van der Waals surface area contributed by atoms with Crippen LogP contribution in [0.5, 0.6) is 0 Å². The van der Waals surface area contributed by atoms with E-state index >= 15 is 0 Å². The molecule has 2 rings (SSSR count). The highest BCUT2D eigenvalue weighted by molar-refractivity contribution is 5.81. The van der Waals surface area contributed by atoms with Gasteiger partial charge in [-0.05, 0) is 45.4 Å². The normalized spacial score (nSPS) is 21.2. The van der Waals surface area contributed by atoms with Gasteiger partial charge in [0.05, 0.1) is 6.04 Å². The molecule has 0 spiro atoms. The lowest BCUT2D eigenvalue weighted by Crippen LogP contribution is -2.47. The van der Waals surface area contributed by atoms with Crippen LogP contribution >= 0.6 is 0 Å². The molecular weight excluding hydrogens is 266 g/mol. The van der Waals surface area contributed by atoms with Crippen molar-refractivity contribution in [2.45, 2.75) is 57.9 Å². The second-order valence-electron chi connectivity index (χ2n) is 6.25. The number of carbonyl (C=O) groups is 2. The van der Waals surface area contributed by atoms with Crippen molar-refractivity contribution in [3.8, 4) is 0 Å². The van der Waals surface area contributed by atoms with Crippen molar-refractivity contribution >= 4 is 11.8 Å². The summed E-state index contributed by atoms with van der Waals surface area (Å²) in [5.41, 5.74) is 0. The van der Waals surface area contributed by atoms with Crippen molar-refractivity contribution in [3.05, 3.63) is 0 Å². The number of likely N-dealkylation sites (tertiary alicyclic amines) is 2. The molecule has 0 radical (unpaired) electrons. The summed E-state index contributed by atoms with van der Waals surface area (Å²) in [5, 5.41) is 3.21. The Morgan fingerprint density at radius 2 is 1.43 bits per heavy atom.